The van der Waals surface area contributed by atoms with Gasteiger partial charge in [0.15, 0.2) is 0 Å². The quantitative estimate of drug-likeness (QED) is 0.792. The molecule has 0 bridgehead atoms. The van der Waals surface area contributed by atoms with Crippen LogP contribution in [0.3, 0.4) is 0 Å². The van der Waals surface area contributed by atoms with Gasteiger partial charge >= 0.3 is 0 Å². The lowest BCUT2D eigenvalue weighted by atomic mass is 9.80. The number of halogens is 1. The van der Waals surface area contributed by atoms with E-state index in [1.54, 1.807) is 0 Å². The van der Waals surface area contributed by atoms with E-state index in [-0.39, 0.29) is 16.3 Å². The molecule has 0 aromatic heterocycles. The molecule has 0 aliphatic heterocycles. The molecule has 0 heterocycles. The van der Waals surface area contributed by atoms with Crippen molar-refractivity contribution in [3.05, 3.63) is 0 Å². The van der Waals surface area contributed by atoms with Crippen LogP contribution in [0, 0.1) is 0 Å². The molecule has 1 saturated carbocycles. The highest BCUT2D eigenvalue weighted by Gasteiger charge is 2.34. The molecule has 1 unspecified atom stereocenters. The third-order valence-electron chi connectivity index (χ3n) is 3.97. The highest BCUT2D eigenvalue weighted by Crippen LogP contribution is 2.31. The van der Waals surface area contributed by atoms with E-state index in [1.807, 2.05) is 6.92 Å². The number of carbonyl (C=O) groups excluding carboxylic acids is 1. The third-order valence-corrected chi connectivity index (χ3v) is 5.03. The number of nitrogens with zero attached hydrogens (tertiary/aromatic N) is 1. The highest BCUT2D eigenvalue weighted by atomic mass is 79.9. The molecular formula is C13H25BrN2O. The van der Waals surface area contributed by atoms with E-state index in [9.17, 15) is 4.79 Å². The van der Waals surface area contributed by atoms with Gasteiger partial charge in [0.25, 0.3) is 0 Å². The Bertz CT molecular complexity index is 250. The lowest BCUT2D eigenvalue weighted by Gasteiger charge is -2.43. The summed E-state index contributed by atoms with van der Waals surface area (Å²) < 4.78 is 0. The number of rotatable bonds is 5. The van der Waals surface area contributed by atoms with Crippen LogP contribution >= 0.6 is 15.9 Å². The summed E-state index contributed by atoms with van der Waals surface area (Å²) in [6.07, 6.45) is 7.11. The molecule has 0 spiro atoms. The Morgan fingerprint density at radius 1 is 1.35 bits per heavy atom. The number of alkyl halides is 1. The number of carbonyl (C=O) groups is 1. The number of nitrogens with one attached hydrogen (secondary N) is 1. The molecule has 100 valence electrons. The average molecular weight is 305 g/mol. The summed E-state index contributed by atoms with van der Waals surface area (Å²) in [5.41, 5.74) is 0.175. The van der Waals surface area contributed by atoms with Crippen molar-refractivity contribution in [3.8, 4) is 0 Å². The van der Waals surface area contributed by atoms with Gasteiger partial charge in [-0.15, -0.1) is 0 Å². The second-order valence-corrected chi connectivity index (χ2v) is 6.38. The van der Waals surface area contributed by atoms with Gasteiger partial charge < -0.3 is 10.2 Å². The Morgan fingerprint density at radius 3 is 2.41 bits per heavy atom. The fourth-order valence-electron chi connectivity index (χ4n) is 2.54. The molecular weight excluding hydrogens is 280 g/mol. The molecule has 0 radical (unpaired) electrons. The molecule has 3 nitrogen and oxygen atoms in total. The van der Waals surface area contributed by atoms with Gasteiger partial charge in [0.2, 0.25) is 5.91 Å². The zero-order valence-electron chi connectivity index (χ0n) is 11.3. The van der Waals surface area contributed by atoms with Crippen molar-refractivity contribution in [2.45, 2.75) is 55.8 Å². The van der Waals surface area contributed by atoms with Crippen LogP contribution in [-0.2, 0) is 4.79 Å². The molecule has 1 N–H and O–H groups in total. The van der Waals surface area contributed by atoms with Crippen molar-refractivity contribution in [3.63, 3.8) is 0 Å². The van der Waals surface area contributed by atoms with E-state index >= 15 is 0 Å². The molecule has 1 atom stereocenters. The monoisotopic (exact) mass is 304 g/mol. The molecule has 0 saturated heterocycles. The van der Waals surface area contributed by atoms with Gasteiger partial charge in [-0.2, -0.15) is 0 Å². The minimum Gasteiger partial charge on any atom is -0.353 e. The van der Waals surface area contributed by atoms with Crippen molar-refractivity contribution in [2.24, 2.45) is 0 Å². The lowest BCUT2D eigenvalue weighted by Crippen LogP contribution is -2.54. The van der Waals surface area contributed by atoms with Crippen molar-refractivity contribution < 1.29 is 4.79 Å². The van der Waals surface area contributed by atoms with Crippen molar-refractivity contribution >= 4 is 21.8 Å². The van der Waals surface area contributed by atoms with Crippen molar-refractivity contribution in [1.82, 2.24) is 10.2 Å². The summed E-state index contributed by atoms with van der Waals surface area (Å²) in [5.74, 6) is 0.124. The second kappa shape index (κ2) is 6.74. The summed E-state index contributed by atoms with van der Waals surface area (Å²) >= 11 is 3.40. The Kier molecular flexibility index (Phi) is 5.93. The normalized spacial score (nSPS) is 21.2. The molecule has 1 aliphatic carbocycles. The molecule has 0 aromatic carbocycles. The summed E-state index contributed by atoms with van der Waals surface area (Å²) in [6.45, 7) is 2.79. The van der Waals surface area contributed by atoms with Crippen LogP contribution in [0.4, 0.5) is 0 Å². The van der Waals surface area contributed by atoms with E-state index in [0.29, 0.717) is 0 Å². The first-order valence-electron chi connectivity index (χ1n) is 6.61. The Morgan fingerprint density at radius 2 is 1.94 bits per heavy atom. The zero-order valence-corrected chi connectivity index (χ0v) is 12.8. The molecule has 4 heteroatoms. The Hall–Kier alpha value is -0.0900. The van der Waals surface area contributed by atoms with E-state index < -0.39 is 0 Å². The van der Waals surface area contributed by atoms with Crippen molar-refractivity contribution in [1.29, 1.82) is 0 Å². The molecule has 1 rings (SSSR count). The van der Waals surface area contributed by atoms with E-state index in [0.717, 1.165) is 13.0 Å². The third kappa shape index (κ3) is 3.95. The van der Waals surface area contributed by atoms with Gasteiger partial charge in [0, 0.05) is 12.1 Å². The predicted octanol–water partition coefficient (Wildman–Crippen LogP) is 2.54. The van der Waals surface area contributed by atoms with E-state index in [4.69, 9.17) is 0 Å². The molecule has 0 aromatic rings. The van der Waals surface area contributed by atoms with Gasteiger partial charge in [-0.25, -0.2) is 0 Å². The zero-order chi connectivity index (χ0) is 12.9. The van der Waals surface area contributed by atoms with Crippen LogP contribution in [0.5, 0.6) is 0 Å². The molecule has 1 amide bonds. The second-order valence-electron chi connectivity index (χ2n) is 5.27. The summed E-state index contributed by atoms with van der Waals surface area (Å²) in [7, 11) is 4.26. The van der Waals surface area contributed by atoms with Crippen LogP contribution < -0.4 is 5.32 Å². The first kappa shape index (κ1) is 15.0. The molecule has 1 fully saturated rings. The topological polar surface area (TPSA) is 32.3 Å². The van der Waals surface area contributed by atoms with Crippen molar-refractivity contribution in [2.75, 3.05) is 20.6 Å². The maximum atomic E-state index is 11.8. The molecule has 1 aliphatic rings. The number of hydrogen-bond acceptors (Lipinski definition) is 2. The molecule has 17 heavy (non-hydrogen) atoms. The van der Waals surface area contributed by atoms with Gasteiger partial charge in [0.1, 0.15) is 0 Å². The van der Waals surface area contributed by atoms with Gasteiger partial charge in [-0.05, 0) is 33.4 Å². The van der Waals surface area contributed by atoms with Crippen LogP contribution in [0.25, 0.3) is 0 Å². The smallest absolute Gasteiger partial charge is 0.233 e. The van der Waals surface area contributed by atoms with Gasteiger partial charge in [-0.3, -0.25) is 4.79 Å². The van der Waals surface area contributed by atoms with E-state index in [1.165, 1.54) is 32.1 Å². The van der Waals surface area contributed by atoms with E-state index in [2.05, 4.69) is 40.2 Å². The summed E-state index contributed by atoms with van der Waals surface area (Å²) in [6, 6.07) is 0. The van der Waals surface area contributed by atoms with Crippen LogP contribution in [0.2, 0.25) is 0 Å². The number of amides is 1. The summed E-state index contributed by atoms with van der Waals surface area (Å²) in [4.78, 5) is 14.0. The standard InChI is InChI=1S/C13H25BrN2O/c1-4-11(14)12(17)15-10-13(16(2)3)8-6-5-7-9-13/h11H,4-10H2,1-3H3,(H,15,17). The fraction of sp³-hybridized carbons (Fsp3) is 0.923. The number of hydrogen-bond donors (Lipinski definition) is 1. The average Bonchev–Trinajstić information content (AvgIpc) is 2.35. The Labute approximate surface area is 113 Å². The van der Waals surface area contributed by atoms with Crippen LogP contribution in [0.1, 0.15) is 45.4 Å². The largest absolute Gasteiger partial charge is 0.353 e. The lowest BCUT2D eigenvalue weighted by molar-refractivity contribution is -0.121. The summed E-state index contributed by atoms with van der Waals surface area (Å²) in [5, 5.41) is 3.10. The Balaban J connectivity index is 2.53. The van der Waals surface area contributed by atoms with Crippen LogP contribution in [0.15, 0.2) is 0 Å². The first-order chi connectivity index (χ1) is 8.02. The van der Waals surface area contributed by atoms with Crippen LogP contribution in [-0.4, -0.2) is 41.8 Å². The minimum absolute atomic E-state index is 0.0506. The predicted molar refractivity (Wildman–Crippen MR) is 75.5 cm³/mol. The van der Waals surface area contributed by atoms with Gasteiger partial charge in [-0.1, -0.05) is 42.1 Å². The SMILES string of the molecule is CCC(Br)C(=O)NCC1(N(C)C)CCCCC1. The first-order valence-corrected chi connectivity index (χ1v) is 7.52. The minimum atomic E-state index is -0.0506. The maximum absolute atomic E-state index is 11.8. The maximum Gasteiger partial charge on any atom is 0.233 e. The highest BCUT2D eigenvalue weighted by molar-refractivity contribution is 9.10. The fourth-order valence-corrected chi connectivity index (χ4v) is 2.70. The number of likely N-dealkylation sites (N-methyl/N-ethyl adjacent to an activating group) is 1. The van der Waals surface area contributed by atoms with Gasteiger partial charge in [0.05, 0.1) is 4.83 Å².